The molecule has 1 unspecified atom stereocenters. The maximum Gasteiger partial charge on any atom is 0.338 e. The van der Waals surface area contributed by atoms with Crippen LogP contribution in [0.1, 0.15) is 25.3 Å². The minimum atomic E-state index is -0.848. The van der Waals surface area contributed by atoms with E-state index in [1.807, 2.05) is 6.07 Å². The van der Waals surface area contributed by atoms with E-state index in [0.29, 0.717) is 5.56 Å². The van der Waals surface area contributed by atoms with Gasteiger partial charge in [0.2, 0.25) is 5.88 Å². The molecule has 1 atom stereocenters. The molecule has 1 aliphatic heterocycles. The number of ether oxygens (including phenoxy) is 3. The zero-order valence-electron chi connectivity index (χ0n) is 14.6. The first-order chi connectivity index (χ1) is 12.8. The van der Waals surface area contributed by atoms with Gasteiger partial charge in [-0.25, -0.2) is 4.79 Å². The number of carbonyl (C=O) groups is 1. The molecule has 1 heterocycles. The van der Waals surface area contributed by atoms with Crippen LogP contribution >= 0.6 is 23.2 Å². The van der Waals surface area contributed by atoms with Gasteiger partial charge in [-0.3, -0.25) is 0 Å². The third-order valence-corrected chi connectivity index (χ3v) is 4.32. The number of rotatable bonds is 5. The molecule has 8 heteroatoms. The maximum absolute atomic E-state index is 12.5. The highest BCUT2D eigenvalue weighted by molar-refractivity contribution is 6.37. The van der Waals surface area contributed by atoms with Gasteiger partial charge in [-0.2, -0.15) is 5.26 Å². The second-order valence-corrected chi connectivity index (χ2v) is 6.24. The molecule has 0 radical (unpaired) electrons. The summed E-state index contributed by atoms with van der Waals surface area (Å²) in [6.07, 6.45) is 5.18. The highest BCUT2D eigenvalue weighted by atomic mass is 35.5. The molecule has 1 aromatic carbocycles. The van der Waals surface area contributed by atoms with Crippen LogP contribution in [0.4, 0.5) is 0 Å². The number of halogens is 2. The second kappa shape index (κ2) is 8.73. The van der Waals surface area contributed by atoms with Crippen molar-refractivity contribution >= 4 is 29.2 Å². The summed E-state index contributed by atoms with van der Waals surface area (Å²) in [4.78, 5) is 12.5. The van der Waals surface area contributed by atoms with Gasteiger partial charge in [-0.1, -0.05) is 29.1 Å². The van der Waals surface area contributed by atoms with Crippen LogP contribution in [-0.4, -0.2) is 19.2 Å². The van der Waals surface area contributed by atoms with Crippen molar-refractivity contribution in [3.8, 4) is 24.2 Å². The number of nitrogens with two attached hydrogens (primary N) is 1. The molecule has 1 aliphatic rings. The molecule has 0 spiro atoms. The van der Waals surface area contributed by atoms with Crippen molar-refractivity contribution in [3.05, 3.63) is 50.5 Å². The zero-order valence-corrected chi connectivity index (χ0v) is 16.1. The Morgan fingerprint density at radius 3 is 2.56 bits per heavy atom. The zero-order chi connectivity index (χ0) is 20.1. The second-order valence-electron chi connectivity index (χ2n) is 5.42. The van der Waals surface area contributed by atoms with E-state index in [4.69, 9.17) is 49.6 Å². The lowest BCUT2D eigenvalue weighted by molar-refractivity contribution is -0.139. The molecule has 0 bridgehead atoms. The minimum absolute atomic E-state index is 0.0144. The van der Waals surface area contributed by atoms with Gasteiger partial charge in [0.1, 0.15) is 24.0 Å². The van der Waals surface area contributed by atoms with E-state index in [9.17, 15) is 10.1 Å². The number of benzene rings is 1. The first-order valence-corrected chi connectivity index (χ1v) is 8.61. The third-order valence-electron chi connectivity index (χ3n) is 3.75. The summed E-state index contributed by atoms with van der Waals surface area (Å²) in [6.45, 7) is 3.38. The highest BCUT2D eigenvalue weighted by Gasteiger charge is 2.37. The van der Waals surface area contributed by atoms with Crippen LogP contribution in [0, 0.1) is 23.7 Å². The van der Waals surface area contributed by atoms with E-state index >= 15 is 0 Å². The first kappa shape index (κ1) is 20.5. The maximum atomic E-state index is 12.5. The van der Waals surface area contributed by atoms with Crippen molar-refractivity contribution < 1.29 is 19.0 Å². The summed E-state index contributed by atoms with van der Waals surface area (Å²) in [5.74, 6) is 1.18. The molecule has 0 saturated carbocycles. The van der Waals surface area contributed by atoms with Crippen molar-refractivity contribution in [3.63, 3.8) is 0 Å². The Morgan fingerprint density at radius 1 is 1.41 bits per heavy atom. The average molecular weight is 407 g/mol. The smallest absolute Gasteiger partial charge is 0.338 e. The van der Waals surface area contributed by atoms with Crippen LogP contribution in [0.3, 0.4) is 0 Å². The Hall–Kier alpha value is -2.80. The summed E-state index contributed by atoms with van der Waals surface area (Å²) < 4.78 is 15.8. The Morgan fingerprint density at radius 2 is 2.04 bits per heavy atom. The fourth-order valence-electron chi connectivity index (χ4n) is 2.69. The van der Waals surface area contributed by atoms with E-state index in [1.165, 1.54) is 12.1 Å². The van der Waals surface area contributed by atoms with Gasteiger partial charge in [-0.05, 0) is 31.5 Å². The summed E-state index contributed by atoms with van der Waals surface area (Å²) in [7, 11) is 0. The quantitative estimate of drug-likeness (QED) is 0.592. The molecule has 27 heavy (non-hydrogen) atoms. The lowest BCUT2D eigenvalue weighted by atomic mass is 9.83. The number of nitriles is 1. The Kier molecular flexibility index (Phi) is 6.63. The number of carbonyl (C=O) groups excluding carboxylic acids is 1. The predicted octanol–water partition coefficient (Wildman–Crippen LogP) is 3.65. The summed E-state index contributed by atoms with van der Waals surface area (Å²) in [5, 5.41) is 9.92. The number of esters is 1. The predicted molar refractivity (Wildman–Crippen MR) is 101 cm³/mol. The van der Waals surface area contributed by atoms with Crippen LogP contribution in [0.15, 0.2) is 34.9 Å². The van der Waals surface area contributed by atoms with Crippen molar-refractivity contribution in [2.45, 2.75) is 19.8 Å². The van der Waals surface area contributed by atoms with E-state index in [0.717, 1.165) is 0 Å². The molecule has 2 N–H and O–H groups in total. The van der Waals surface area contributed by atoms with Gasteiger partial charge < -0.3 is 19.9 Å². The molecule has 6 nitrogen and oxygen atoms in total. The number of terminal acetylenes is 1. The molecule has 0 aliphatic carbocycles. The molecule has 140 valence electrons. The monoisotopic (exact) mass is 406 g/mol. The topological polar surface area (TPSA) is 94.6 Å². The van der Waals surface area contributed by atoms with Crippen molar-refractivity contribution in [2.24, 2.45) is 5.73 Å². The van der Waals surface area contributed by atoms with Gasteiger partial charge in [-0.15, -0.1) is 6.42 Å². The SMILES string of the molecule is C#CCOc1c(Cl)cc(C2C(C#N)=C(N)OC(C)=C2C(=O)OCC)cc1Cl. The van der Waals surface area contributed by atoms with Gasteiger partial charge in [0.15, 0.2) is 5.75 Å². The lowest BCUT2D eigenvalue weighted by Gasteiger charge is -2.27. The van der Waals surface area contributed by atoms with E-state index in [2.05, 4.69) is 5.92 Å². The van der Waals surface area contributed by atoms with Crippen molar-refractivity contribution in [1.82, 2.24) is 0 Å². The minimum Gasteiger partial charge on any atom is -0.478 e. The van der Waals surface area contributed by atoms with Gasteiger partial charge >= 0.3 is 5.97 Å². The number of hydrogen-bond acceptors (Lipinski definition) is 6. The van der Waals surface area contributed by atoms with Crippen LogP contribution in [0.25, 0.3) is 0 Å². The molecular weight excluding hydrogens is 391 g/mol. The first-order valence-electron chi connectivity index (χ1n) is 7.86. The number of nitrogens with zero attached hydrogens (tertiary/aromatic N) is 1. The normalized spacial score (nSPS) is 16.3. The fourth-order valence-corrected chi connectivity index (χ4v) is 3.30. The molecule has 0 aromatic heterocycles. The van der Waals surface area contributed by atoms with E-state index < -0.39 is 11.9 Å². The van der Waals surface area contributed by atoms with Crippen LogP contribution in [-0.2, 0) is 14.3 Å². The van der Waals surface area contributed by atoms with Gasteiger partial charge in [0, 0.05) is 0 Å². The number of hydrogen-bond donors (Lipinski definition) is 1. The Labute approximate surface area is 167 Å². The summed E-state index contributed by atoms with van der Waals surface area (Å²) in [6, 6.07) is 5.05. The van der Waals surface area contributed by atoms with Crippen molar-refractivity contribution in [1.29, 1.82) is 5.26 Å². The lowest BCUT2D eigenvalue weighted by Crippen LogP contribution is -2.25. The number of allylic oxidation sites excluding steroid dienone is 2. The van der Waals surface area contributed by atoms with Crippen LogP contribution < -0.4 is 10.5 Å². The fraction of sp³-hybridized carbons (Fsp3) is 0.263. The molecular formula is C19H16Cl2N2O4. The molecule has 0 amide bonds. The average Bonchev–Trinajstić information content (AvgIpc) is 2.60. The van der Waals surface area contributed by atoms with E-state index in [1.54, 1.807) is 13.8 Å². The van der Waals surface area contributed by atoms with E-state index in [-0.39, 0.29) is 51.8 Å². The summed E-state index contributed by atoms with van der Waals surface area (Å²) >= 11 is 12.5. The van der Waals surface area contributed by atoms with Crippen molar-refractivity contribution in [2.75, 3.05) is 13.2 Å². The Bertz CT molecular complexity index is 900. The molecule has 0 fully saturated rings. The largest absolute Gasteiger partial charge is 0.478 e. The van der Waals surface area contributed by atoms with Gasteiger partial charge in [0.05, 0.1) is 28.1 Å². The van der Waals surface area contributed by atoms with Crippen LogP contribution in [0.5, 0.6) is 5.75 Å². The molecule has 0 saturated heterocycles. The standard InChI is InChI=1S/C19H16Cl2N2O4/c1-4-6-26-17-13(20)7-11(8-14(17)21)16-12(9-22)18(23)27-10(3)15(16)19(24)25-5-2/h1,7-8,16H,5-6,23H2,2-3H3. The Balaban J connectivity index is 2.63. The van der Waals surface area contributed by atoms with Crippen LogP contribution in [0.2, 0.25) is 10.0 Å². The molecule has 2 rings (SSSR count). The third kappa shape index (κ3) is 4.14. The highest BCUT2D eigenvalue weighted by Crippen LogP contribution is 2.43. The summed E-state index contributed by atoms with van der Waals surface area (Å²) in [5.41, 5.74) is 6.51. The van der Waals surface area contributed by atoms with Gasteiger partial charge in [0.25, 0.3) is 0 Å². The molecule has 1 aromatic rings.